The highest BCUT2D eigenvalue weighted by atomic mass is 16.5. The van der Waals surface area contributed by atoms with Crippen LogP contribution >= 0.6 is 0 Å². The molecule has 0 radical (unpaired) electrons. The SMILES string of the molecule is COCCN1CCC2(CC1)CC(NC(=O)C1CC1)c1ccccc12. The topological polar surface area (TPSA) is 41.6 Å². The van der Waals surface area contributed by atoms with E-state index in [4.69, 9.17) is 4.74 Å². The van der Waals surface area contributed by atoms with E-state index in [0.717, 1.165) is 45.5 Å². The van der Waals surface area contributed by atoms with Crippen molar-refractivity contribution in [3.63, 3.8) is 0 Å². The zero-order valence-electron chi connectivity index (χ0n) is 14.6. The predicted octanol–water partition coefficient (Wildman–Crippen LogP) is 2.64. The fraction of sp³-hybridized carbons (Fsp3) is 0.650. The van der Waals surface area contributed by atoms with E-state index in [2.05, 4.69) is 34.5 Å². The lowest BCUT2D eigenvalue weighted by Crippen LogP contribution is -2.43. The number of hydrogen-bond donors (Lipinski definition) is 1. The van der Waals surface area contributed by atoms with Crippen LogP contribution < -0.4 is 5.32 Å². The second-order valence-corrected chi connectivity index (χ2v) is 7.74. The average Bonchev–Trinajstić information content (AvgIpc) is 3.42. The first kappa shape index (κ1) is 16.1. The summed E-state index contributed by atoms with van der Waals surface area (Å²) in [5.74, 6) is 0.550. The molecule has 1 saturated carbocycles. The maximum atomic E-state index is 12.3. The van der Waals surface area contributed by atoms with Crippen molar-refractivity contribution in [2.45, 2.75) is 43.6 Å². The van der Waals surface area contributed by atoms with Gasteiger partial charge >= 0.3 is 0 Å². The molecule has 4 heteroatoms. The van der Waals surface area contributed by atoms with E-state index in [-0.39, 0.29) is 23.3 Å². The van der Waals surface area contributed by atoms with Crippen LogP contribution in [0.25, 0.3) is 0 Å². The van der Waals surface area contributed by atoms with E-state index in [1.165, 1.54) is 24.0 Å². The second-order valence-electron chi connectivity index (χ2n) is 7.74. The van der Waals surface area contributed by atoms with Crippen LogP contribution in [0.5, 0.6) is 0 Å². The molecule has 3 aliphatic rings. The molecule has 0 aromatic heterocycles. The lowest BCUT2D eigenvalue weighted by atomic mass is 9.73. The van der Waals surface area contributed by atoms with Crippen molar-refractivity contribution in [3.8, 4) is 0 Å². The van der Waals surface area contributed by atoms with Crippen molar-refractivity contribution < 1.29 is 9.53 Å². The minimum Gasteiger partial charge on any atom is -0.383 e. The van der Waals surface area contributed by atoms with Crippen LogP contribution in [0.15, 0.2) is 24.3 Å². The van der Waals surface area contributed by atoms with Gasteiger partial charge in [-0.2, -0.15) is 0 Å². The van der Waals surface area contributed by atoms with Gasteiger partial charge in [-0.3, -0.25) is 4.79 Å². The number of nitrogens with zero attached hydrogens (tertiary/aromatic N) is 1. The zero-order valence-corrected chi connectivity index (χ0v) is 14.6. The number of amides is 1. The minimum atomic E-state index is 0.208. The Kier molecular flexibility index (Phi) is 4.35. The highest BCUT2D eigenvalue weighted by Gasteiger charge is 2.46. The normalized spacial score (nSPS) is 25.6. The smallest absolute Gasteiger partial charge is 0.223 e. The monoisotopic (exact) mass is 328 g/mol. The Morgan fingerprint density at radius 2 is 2.04 bits per heavy atom. The number of nitrogens with one attached hydrogen (secondary N) is 1. The second kappa shape index (κ2) is 6.49. The molecule has 1 spiro atoms. The number of rotatable bonds is 5. The molecule has 2 aliphatic carbocycles. The standard InChI is InChI=1S/C20H28N2O2/c1-24-13-12-22-10-8-20(9-11-22)14-18(21-19(23)15-6-7-15)16-4-2-3-5-17(16)20/h2-5,15,18H,6-14H2,1H3,(H,21,23). The molecule has 1 atom stereocenters. The molecule has 1 aliphatic heterocycles. The molecular formula is C20H28N2O2. The molecular weight excluding hydrogens is 300 g/mol. The van der Waals surface area contributed by atoms with Gasteiger partial charge in [-0.1, -0.05) is 24.3 Å². The van der Waals surface area contributed by atoms with E-state index in [9.17, 15) is 4.79 Å². The molecule has 1 unspecified atom stereocenters. The molecule has 0 bridgehead atoms. The molecule has 130 valence electrons. The van der Waals surface area contributed by atoms with Crippen LogP contribution in [-0.4, -0.2) is 44.2 Å². The van der Waals surface area contributed by atoms with Crippen LogP contribution in [0.1, 0.15) is 49.3 Å². The van der Waals surface area contributed by atoms with Gasteiger partial charge in [0, 0.05) is 25.0 Å². The van der Waals surface area contributed by atoms with Gasteiger partial charge in [-0.25, -0.2) is 0 Å². The van der Waals surface area contributed by atoms with Gasteiger partial charge in [0.25, 0.3) is 0 Å². The number of benzene rings is 1. The number of carbonyl (C=O) groups excluding carboxylic acids is 1. The summed E-state index contributed by atoms with van der Waals surface area (Å²) in [6.07, 6.45) is 5.58. The summed E-state index contributed by atoms with van der Waals surface area (Å²) >= 11 is 0. The third-order valence-electron chi connectivity index (χ3n) is 6.19. The average molecular weight is 328 g/mol. The lowest BCUT2D eigenvalue weighted by molar-refractivity contribution is -0.123. The Hall–Kier alpha value is -1.39. The first-order valence-electron chi connectivity index (χ1n) is 9.33. The van der Waals surface area contributed by atoms with Gasteiger partial charge in [0.1, 0.15) is 0 Å². The Morgan fingerprint density at radius 1 is 1.29 bits per heavy atom. The van der Waals surface area contributed by atoms with Gasteiger partial charge < -0.3 is 15.0 Å². The number of carbonyl (C=O) groups is 1. The summed E-state index contributed by atoms with van der Waals surface area (Å²) in [6.45, 7) is 4.09. The van der Waals surface area contributed by atoms with Crippen LogP contribution in [0.4, 0.5) is 0 Å². The van der Waals surface area contributed by atoms with E-state index in [1.54, 1.807) is 7.11 Å². The number of likely N-dealkylation sites (tertiary alicyclic amines) is 1. The Morgan fingerprint density at radius 3 is 2.75 bits per heavy atom. The molecule has 4 rings (SSSR count). The number of hydrogen-bond acceptors (Lipinski definition) is 3. The molecule has 4 nitrogen and oxygen atoms in total. The summed E-state index contributed by atoms with van der Waals surface area (Å²) in [5, 5.41) is 3.34. The van der Waals surface area contributed by atoms with Gasteiger partial charge in [0.15, 0.2) is 0 Å². The Balaban J connectivity index is 1.49. The number of piperidine rings is 1. The molecule has 24 heavy (non-hydrogen) atoms. The Bertz CT molecular complexity index is 603. The van der Waals surface area contributed by atoms with Gasteiger partial charge in [0.2, 0.25) is 5.91 Å². The summed E-state index contributed by atoms with van der Waals surface area (Å²) in [6, 6.07) is 8.99. The van der Waals surface area contributed by atoms with Crippen LogP contribution in [-0.2, 0) is 14.9 Å². The Labute approximate surface area is 144 Å². The zero-order chi connectivity index (χ0) is 16.6. The highest BCUT2D eigenvalue weighted by molar-refractivity contribution is 5.81. The first-order chi connectivity index (χ1) is 11.7. The fourth-order valence-electron chi connectivity index (χ4n) is 4.56. The lowest BCUT2D eigenvalue weighted by Gasteiger charge is -2.40. The molecule has 1 heterocycles. The quantitative estimate of drug-likeness (QED) is 0.903. The van der Waals surface area contributed by atoms with Crippen molar-refractivity contribution in [2.24, 2.45) is 5.92 Å². The third-order valence-corrected chi connectivity index (χ3v) is 6.19. The van der Waals surface area contributed by atoms with Crippen LogP contribution in [0.2, 0.25) is 0 Å². The first-order valence-corrected chi connectivity index (χ1v) is 9.33. The van der Waals surface area contributed by atoms with E-state index < -0.39 is 0 Å². The summed E-state index contributed by atoms with van der Waals surface area (Å²) in [4.78, 5) is 14.8. The molecule has 1 aromatic carbocycles. The fourth-order valence-corrected chi connectivity index (χ4v) is 4.56. The molecule has 1 N–H and O–H groups in total. The van der Waals surface area contributed by atoms with E-state index in [0.29, 0.717) is 0 Å². The summed E-state index contributed by atoms with van der Waals surface area (Å²) in [5.41, 5.74) is 3.09. The van der Waals surface area contributed by atoms with Crippen LogP contribution in [0.3, 0.4) is 0 Å². The van der Waals surface area contributed by atoms with Crippen molar-refractivity contribution in [2.75, 3.05) is 33.4 Å². The molecule has 1 aromatic rings. The van der Waals surface area contributed by atoms with Gasteiger partial charge in [-0.05, 0) is 56.3 Å². The van der Waals surface area contributed by atoms with Crippen molar-refractivity contribution in [3.05, 3.63) is 35.4 Å². The largest absolute Gasteiger partial charge is 0.383 e. The van der Waals surface area contributed by atoms with Crippen LogP contribution in [0, 0.1) is 5.92 Å². The maximum Gasteiger partial charge on any atom is 0.223 e. The molecule has 1 saturated heterocycles. The summed E-state index contributed by atoms with van der Waals surface area (Å²) < 4.78 is 5.22. The number of fused-ring (bicyclic) bond motifs is 2. The highest BCUT2D eigenvalue weighted by Crippen LogP contribution is 2.51. The van der Waals surface area contributed by atoms with Gasteiger partial charge in [0.05, 0.1) is 12.6 Å². The van der Waals surface area contributed by atoms with Crippen molar-refractivity contribution in [1.82, 2.24) is 10.2 Å². The molecule has 1 amide bonds. The maximum absolute atomic E-state index is 12.3. The number of methoxy groups -OCH3 is 1. The van der Waals surface area contributed by atoms with Crippen molar-refractivity contribution >= 4 is 5.91 Å². The van der Waals surface area contributed by atoms with E-state index in [1.807, 2.05) is 0 Å². The number of ether oxygens (including phenoxy) is 1. The van der Waals surface area contributed by atoms with Gasteiger partial charge in [-0.15, -0.1) is 0 Å². The molecule has 2 fully saturated rings. The van der Waals surface area contributed by atoms with E-state index >= 15 is 0 Å². The minimum absolute atomic E-state index is 0.208. The predicted molar refractivity (Wildman–Crippen MR) is 93.9 cm³/mol. The third kappa shape index (κ3) is 2.98. The summed E-state index contributed by atoms with van der Waals surface area (Å²) in [7, 11) is 1.77. The van der Waals surface area contributed by atoms with Crippen molar-refractivity contribution in [1.29, 1.82) is 0 Å².